The highest BCUT2D eigenvalue weighted by Crippen LogP contribution is 2.34. The molecule has 0 radical (unpaired) electrons. The summed E-state index contributed by atoms with van der Waals surface area (Å²) in [6.45, 7) is 12.7. The lowest BCUT2D eigenvalue weighted by atomic mass is 10.1. The molecule has 0 spiro atoms. The summed E-state index contributed by atoms with van der Waals surface area (Å²) in [4.78, 5) is 45.5. The summed E-state index contributed by atoms with van der Waals surface area (Å²) < 4.78 is 11.3. The first-order valence-electron chi connectivity index (χ1n) is 16.6. The van der Waals surface area contributed by atoms with Gasteiger partial charge in [0.25, 0.3) is 0 Å². The third-order valence-corrected chi connectivity index (χ3v) is 8.44. The van der Waals surface area contributed by atoms with Gasteiger partial charge in [-0.1, -0.05) is 42.5 Å². The molecule has 0 aliphatic carbocycles. The minimum atomic E-state index is -0.533. The minimum absolute atomic E-state index is 0.107. The van der Waals surface area contributed by atoms with Crippen LogP contribution in [0.25, 0.3) is 28.4 Å². The van der Waals surface area contributed by atoms with Crippen LogP contribution in [-0.2, 0) is 15.9 Å². The van der Waals surface area contributed by atoms with Crippen molar-refractivity contribution in [3.8, 4) is 11.3 Å². The van der Waals surface area contributed by atoms with Crippen LogP contribution < -0.4 is 0 Å². The molecule has 0 saturated carbocycles. The van der Waals surface area contributed by atoms with Crippen LogP contribution in [-0.4, -0.2) is 66.2 Å². The fourth-order valence-corrected chi connectivity index (χ4v) is 6.29. The Morgan fingerprint density at radius 2 is 1.47 bits per heavy atom. The molecular formula is C37H46N6O4. The highest BCUT2D eigenvalue weighted by atomic mass is 16.6. The number of H-pyrrole nitrogens is 2. The molecule has 2 atom stereocenters. The number of allylic oxidation sites excluding steroid dienone is 1. The number of hydrogen-bond acceptors (Lipinski definition) is 6. The van der Waals surface area contributed by atoms with Crippen LogP contribution in [0.1, 0.15) is 102 Å². The van der Waals surface area contributed by atoms with E-state index in [4.69, 9.17) is 14.5 Å². The number of nitrogens with zero attached hydrogens (tertiary/aromatic N) is 4. The van der Waals surface area contributed by atoms with E-state index >= 15 is 0 Å². The normalized spacial score (nSPS) is 18.9. The van der Waals surface area contributed by atoms with E-state index < -0.39 is 11.2 Å². The van der Waals surface area contributed by atoms with Crippen LogP contribution in [0.2, 0.25) is 0 Å². The molecule has 2 amide bonds. The largest absolute Gasteiger partial charge is 0.444 e. The molecule has 0 bridgehead atoms. The highest BCUT2D eigenvalue weighted by Gasteiger charge is 2.36. The smallest absolute Gasteiger partial charge is 0.410 e. The number of aromatic nitrogens is 4. The number of carbonyl (C=O) groups excluding carboxylic acids is 2. The van der Waals surface area contributed by atoms with Gasteiger partial charge in [0.2, 0.25) is 0 Å². The summed E-state index contributed by atoms with van der Waals surface area (Å²) in [5.41, 5.74) is 5.01. The van der Waals surface area contributed by atoms with Crippen LogP contribution >= 0.6 is 0 Å². The van der Waals surface area contributed by atoms with Crippen molar-refractivity contribution in [1.29, 1.82) is 0 Å². The number of nitrogens with one attached hydrogen (secondary N) is 2. The van der Waals surface area contributed by atoms with Gasteiger partial charge in [0, 0.05) is 13.1 Å². The van der Waals surface area contributed by atoms with E-state index in [0.717, 1.165) is 71.6 Å². The molecule has 2 aliphatic rings. The first kappa shape index (κ1) is 32.3. The summed E-state index contributed by atoms with van der Waals surface area (Å²) in [6, 6.07) is 14.4. The number of ether oxygens (including phenoxy) is 2. The Labute approximate surface area is 276 Å². The summed E-state index contributed by atoms with van der Waals surface area (Å²) in [6.07, 6.45) is 9.89. The molecule has 10 heteroatoms. The van der Waals surface area contributed by atoms with Gasteiger partial charge in [-0.2, -0.15) is 0 Å². The number of hydrogen-bond donors (Lipinski definition) is 2. The molecule has 10 nitrogen and oxygen atoms in total. The predicted octanol–water partition coefficient (Wildman–Crippen LogP) is 8.35. The number of fused-ring (bicyclic) bond motifs is 1. The molecule has 248 valence electrons. The van der Waals surface area contributed by atoms with Gasteiger partial charge in [-0.15, -0.1) is 0 Å². The topological polar surface area (TPSA) is 116 Å². The van der Waals surface area contributed by atoms with Gasteiger partial charge in [0.1, 0.15) is 22.9 Å². The summed E-state index contributed by atoms with van der Waals surface area (Å²) in [5.74, 6) is 1.59. The van der Waals surface area contributed by atoms with Gasteiger partial charge in [-0.3, -0.25) is 9.80 Å². The zero-order valence-electron chi connectivity index (χ0n) is 28.3. The SMILES string of the molecule is CC(C)(C)OC(=O)N1CCC[C@H]1c1ncc(-c2ccc(CC=Cc3ccc4[nH]c([C@@H]5CCCN5C(=O)OC(C)(C)C)nc4c3)cc2)[nH]1. The molecule has 0 unspecified atom stereocenters. The zero-order chi connectivity index (χ0) is 33.3. The van der Waals surface area contributed by atoms with Gasteiger partial charge >= 0.3 is 12.2 Å². The maximum atomic E-state index is 12.8. The van der Waals surface area contributed by atoms with E-state index in [-0.39, 0.29) is 24.3 Å². The lowest BCUT2D eigenvalue weighted by Crippen LogP contribution is -2.36. The molecule has 2 N–H and O–H groups in total. The van der Waals surface area contributed by atoms with E-state index in [9.17, 15) is 9.59 Å². The van der Waals surface area contributed by atoms with E-state index in [1.807, 2.05) is 53.8 Å². The van der Waals surface area contributed by atoms with E-state index in [2.05, 4.69) is 63.5 Å². The van der Waals surface area contributed by atoms with Crippen LogP contribution in [0.15, 0.2) is 54.7 Å². The highest BCUT2D eigenvalue weighted by molar-refractivity contribution is 5.79. The first-order chi connectivity index (χ1) is 22.3. The average Bonchev–Trinajstić information content (AvgIpc) is 3.81. The molecule has 4 heterocycles. The molecular weight excluding hydrogens is 592 g/mol. The van der Waals surface area contributed by atoms with Crippen LogP contribution in [0.5, 0.6) is 0 Å². The third kappa shape index (κ3) is 7.69. The number of imidazole rings is 2. The fraction of sp³-hybridized carbons (Fsp3) is 0.459. The second-order valence-electron chi connectivity index (χ2n) is 14.5. The van der Waals surface area contributed by atoms with Gasteiger partial charge in [-0.05, 0) is 102 Å². The molecule has 2 fully saturated rings. The van der Waals surface area contributed by atoms with Crippen molar-refractivity contribution in [2.45, 2.75) is 96.9 Å². The summed E-state index contributed by atoms with van der Waals surface area (Å²) in [5, 5.41) is 0. The minimum Gasteiger partial charge on any atom is -0.444 e. The Hall–Kier alpha value is -4.60. The predicted molar refractivity (Wildman–Crippen MR) is 183 cm³/mol. The number of benzene rings is 2. The molecule has 2 saturated heterocycles. The third-order valence-electron chi connectivity index (χ3n) is 8.44. The summed E-state index contributed by atoms with van der Waals surface area (Å²) >= 11 is 0. The van der Waals surface area contributed by atoms with Gasteiger partial charge in [0.15, 0.2) is 0 Å². The Morgan fingerprint density at radius 3 is 2.09 bits per heavy atom. The second-order valence-corrected chi connectivity index (χ2v) is 14.5. The standard InChI is InChI=1S/C37H46N6O4/c1-36(2,3)46-34(44)42-20-8-12-30(42)32-38-23-29(41-32)26-17-14-24(15-18-26)10-7-11-25-16-19-27-28(22-25)40-33(39-27)31-13-9-21-43(31)35(45)47-37(4,5)6/h7,11,14-19,22-23,30-31H,8-10,12-13,20-21H2,1-6H3,(H,38,41)(H,39,40)/t30-,31-/m0/s1. The number of rotatable bonds is 6. The van der Waals surface area contributed by atoms with Crippen molar-refractivity contribution in [3.63, 3.8) is 0 Å². The summed E-state index contributed by atoms with van der Waals surface area (Å²) in [7, 11) is 0. The second kappa shape index (κ2) is 12.9. The van der Waals surface area contributed by atoms with Crippen molar-refractivity contribution in [1.82, 2.24) is 29.7 Å². The van der Waals surface area contributed by atoms with E-state index in [1.54, 1.807) is 9.80 Å². The molecule has 2 aromatic heterocycles. The van der Waals surface area contributed by atoms with Crippen molar-refractivity contribution in [3.05, 3.63) is 77.5 Å². The maximum Gasteiger partial charge on any atom is 0.410 e. The van der Waals surface area contributed by atoms with E-state index in [0.29, 0.717) is 13.1 Å². The Morgan fingerprint density at radius 1 is 0.851 bits per heavy atom. The molecule has 47 heavy (non-hydrogen) atoms. The Kier molecular flexibility index (Phi) is 8.87. The Balaban J connectivity index is 1.07. The molecule has 2 aliphatic heterocycles. The van der Waals surface area contributed by atoms with Crippen LogP contribution in [0, 0.1) is 0 Å². The maximum absolute atomic E-state index is 12.8. The van der Waals surface area contributed by atoms with E-state index in [1.165, 1.54) is 5.56 Å². The monoisotopic (exact) mass is 638 g/mol. The van der Waals surface area contributed by atoms with Crippen molar-refractivity contribution >= 4 is 29.3 Å². The number of aromatic amines is 2. The molecule has 2 aromatic carbocycles. The number of likely N-dealkylation sites (tertiary alicyclic amines) is 2. The lowest BCUT2D eigenvalue weighted by molar-refractivity contribution is 0.0208. The molecule has 4 aromatic rings. The van der Waals surface area contributed by atoms with Crippen molar-refractivity contribution in [2.24, 2.45) is 0 Å². The lowest BCUT2D eigenvalue weighted by Gasteiger charge is -2.27. The average molecular weight is 639 g/mol. The molecule has 6 rings (SSSR count). The fourth-order valence-electron chi connectivity index (χ4n) is 6.29. The van der Waals surface area contributed by atoms with Gasteiger partial charge < -0.3 is 19.4 Å². The van der Waals surface area contributed by atoms with Crippen molar-refractivity contribution in [2.75, 3.05) is 13.1 Å². The van der Waals surface area contributed by atoms with Crippen LogP contribution in [0.3, 0.4) is 0 Å². The van der Waals surface area contributed by atoms with Crippen molar-refractivity contribution < 1.29 is 19.1 Å². The number of carbonyl (C=O) groups is 2. The van der Waals surface area contributed by atoms with Gasteiger partial charge in [0.05, 0.1) is 35.0 Å². The zero-order valence-corrected chi connectivity index (χ0v) is 28.3. The number of amides is 2. The first-order valence-corrected chi connectivity index (χ1v) is 16.6. The van der Waals surface area contributed by atoms with Crippen LogP contribution in [0.4, 0.5) is 9.59 Å². The Bertz CT molecular complexity index is 1760. The van der Waals surface area contributed by atoms with Gasteiger partial charge in [-0.25, -0.2) is 19.6 Å². The quantitative estimate of drug-likeness (QED) is 0.219.